The molecule has 100 valence electrons. The summed E-state index contributed by atoms with van der Waals surface area (Å²) >= 11 is 0. The number of para-hydroxylation sites is 1. The Morgan fingerprint density at radius 2 is 2.05 bits per heavy atom. The average Bonchev–Trinajstić information content (AvgIpc) is 2.85. The number of fused-ring (bicyclic) bond motifs is 1. The summed E-state index contributed by atoms with van der Waals surface area (Å²) in [5.74, 6) is 1.53. The number of nitrogens with two attached hydrogens (primary N) is 1. The minimum absolute atomic E-state index is 0.263. The summed E-state index contributed by atoms with van der Waals surface area (Å²) in [6.45, 7) is 2.33. The Balaban J connectivity index is 1.74. The molecular formula is C17H22N2. The van der Waals surface area contributed by atoms with Gasteiger partial charge in [-0.15, -0.1) is 0 Å². The third kappa shape index (κ3) is 2.79. The van der Waals surface area contributed by atoms with E-state index in [1.807, 2.05) is 6.07 Å². The lowest BCUT2D eigenvalue weighted by Crippen LogP contribution is -2.31. The summed E-state index contributed by atoms with van der Waals surface area (Å²) in [7, 11) is 0. The molecular weight excluding hydrogens is 232 g/mol. The highest BCUT2D eigenvalue weighted by Gasteiger charge is 2.26. The fraction of sp³-hybridized carbons (Fsp3) is 0.471. The van der Waals surface area contributed by atoms with E-state index in [0.29, 0.717) is 5.92 Å². The predicted octanol–water partition coefficient (Wildman–Crippen LogP) is 3.54. The van der Waals surface area contributed by atoms with Crippen molar-refractivity contribution in [1.82, 2.24) is 4.98 Å². The first kappa shape index (κ1) is 12.6. The second kappa shape index (κ2) is 5.30. The van der Waals surface area contributed by atoms with Crippen molar-refractivity contribution in [3.8, 4) is 0 Å². The van der Waals surface area contributed by atoms with E-state index in [1.54, 1.807) is 0 Å². The Hall–Kier alpha value is -1.41. The van der Waals surface area contributed by atoms with Gasteiger partial charge in [0.15, 0.2) is 0 Å². The highest BCUT2D eigenvalue weighted by Crippen LogP contribution is 2.32. The SMILES string of the molecule is CC1CCC(C(N)Cc2ccc3ccccc3n2)C1. The van der Waals surface area contributed by atoms with Gasteiger partial charge in [0, 0.05) is 23.5 Å². The molecule has 3 unspecified atom stereocenters. The molecule has 0 aliphatic heterocycles. The maximum Gasteiger partial charge on any atom is 0.0705 e. The molecule has 2 aromatic rings. The van der Waals surface area contributed by atoms with Crippen LogP contribution in [0.15, 0.2) is 36.4 Å². The highest BCUT2D eigenvalue weighted by atomic mass is 14.7. The van der Waals surface area contributed by atoms with Crippen molar-refractivity contribution in [2.45, 2.75) is 38.6 Å². The first-order chi connectivity index (χ1) is 9.22. The number of aromatic nitrogens is 1. The summed E-state index contributed by atoms with van der Waals surface area (Å²) < 4.78 is 0. The highest BCUT2D eigenvalue weighted by molar-refractivity contribution is 5.78. The Labute approximate surface area is 115 Å². The van der Waals surface area contributed by atoms with Gasteiger partial charge in [-0.1, -0.05) is 37.6 Å². The quantitative estimate of drug-likeness (QED) is 0.910. The predicted molar refractivity (Wildman–Crippen MR) is 79.9 cm³/mol. The third-order valence-corrected chi connectivity index (χ3v) is 4.44. The van der Waals surface area contributed by atoms with Gasteiger partial charge in [0.05, 0.1) is 5.52 Å². The van der Waals surface area contributed by atoms with E-state index < -0.39 is 0 Å². The maximum atomic E-state index is 6.38. The minimum Gasteiger partial charge on any atom is -0.327 e. The number of pyridine rings is 1. The number of rotatable bonds is 3. The van der Waals surface area contributed by atoms with Crippen LogP contribution in [0.5, 0.6) is 0 Å². The molecule has 1 heterocycles. The van der Waals surface area contributed by atoms with Crippen LogP contribution >= 0.6 is 0 Å². The summed E-state index contributed by atoms with van der Waals surface area (Å²) in [5, 5.41) is 1.20. The van der Waals surface area contributed by atoms with Crippen molar-refractivity contribution in [3.05, 3.63) is 42.1 Å². The zero-order chi connectivity index (χ0) is 13.2. The number of hydrogen-bond donors (Lipinski definition) is 1. The second-order valence-corrected chi connectivity index (χ2v) is 6.04. The smallest absolute Gasteiger partial charge is 0.0705 e. The first-order valence-electron chi connectivity index (χ1n) is 7.32. The van der Waals surface area contributed by atoms with E-state index in [9.17, 15) is 0 Å². The van der Waals surface area contributed by atoms with Gasteiger partial charge >= 0.3 is 0 Å². The maximum absolute atomic E-state index is 6.38. The van der Waals surface area contributed by atoms with Crippen LogP contribution in [0.3, 0.4) is 0 Å². The normalized spacial score (nSPS) is 24.7. The lowest BCUT2D eigenvalue weighted by Gasteiger charge is -2.18. The van der Waals surface area contributed by atoms with Crippen LogP contribution in [0.1, 0.15) is 31.9 Å². The van der Waals surface area contributed by atoms with Gasteiger partial charge < -0.3 is 5.73 Å². The van der Waals surface area contributed by atoms with Crippen molar-refractivity contribution >= 4 is 10.9 Å². The molecule has 0 bridgehead atoms. The molecule has 2 nitrogen and oxygen atoms in total. The topological polar surface area (TPSA) is 38.9 Å². The van der Waals surface area contributed by atoms with Crippen LogP contribution in [0.4, 0.5) is 0 Å². The molecule has 0 spiro atoms. The summed E-state index contributed by atoms with van der Waals surface area (Å²) in [5.41, 5.74) is 8.58. The molecule has 1 aromatic carbocycles. The molecule has 0 amide bonds. The molecule has 1 saturated carbocycles. The van der Waals surface area contributed by atoms with Gasteiger partial charge in [-0.2, -0.15) is 0 Å². The van der Waals surface area contributed by atoms with Gasteiger partial charge in [0.2, 0.25) is 0 Å². The van der Waals surface area contributed by atoms with Gasteiger partial charge in [-0.05, 0) is 36.8 Å². The largest absolute Gasteiger partial charge is 0.327 e. The lowest BCUT2D eigenvalue weighted by molar-refractivity contribution is 0.413. The fourth-order valence-corrected chi connectivity index (χ4v) is 3.27. The molecule has 3 rings (SSSR count). The van der Waals surface area contributed by atoms with Crippen LogP contribution in [0.25, 0.3) is 10.9 Å². The van der Waals surface area contributed by atoms with Gasteiger partial charge in [-0.25, -0.2) is 0 Å². The molecule has 2 N–H and O–H groups in total. The van der Waals surface area contributed by atoms with Gasteiger partial charge in [0.1, 0.15) is 0 Å². The van der Waals surface area contributed by atoms with Crippen molar-refractivity contribution in [1.29, 1.82) is 0 Å². The van der Waals surface area contributed by atoms with Crippen LogP contribution in [-0.2, 0) is 6.42 Å². The number of nitrogens with zero attached hydrogens (tertiary/aromatic N) is 1. The zero-order valence-electron chi connectivity index (χ0n) is 11.5. The van der Waals surface area contributed by atoms with Crippen molar-refractivity contribution < 1.29 is 0 Å². The Kier molecular flexibility index (Phi) is 3.52. The molecule has 0 saturated heterocycles. The van der Waals surface area contributed by atoms with Crippen molar-refractivity contribution in [3.63, 3.8) is 0 Å². The van der Waals surface area contributed by atoms with E-state index in [0.717, 1.165) is 23.5 Å². The Morgan fingerprint density at radius 1 is 1.21 bits per heavy atom. The summed E-state index contributed by atoms with van der Waals surface area (Å²) in [4.78, 5) is 4.73. The van der Waals surface area contributed by atoms with Crippen LogP contribution in [-0.4, -0.2) is 11.0 Å². The van der Waals surface area contributed by atoms with Crippen LogP contribution in [0, 0.1) is 11.8 Å². The number of hydrogen-bond acceptors (Lipinski definition) is 2. The molecule has 2 heteroatoms. The molecule has 1 aliphatic rings. The molecule has 3 atom stereocenters. The molecule has 1 aliphatic carbocycles. The molecule has 1 aromatic heterocycles. The van der Waals surface area contributed by atoms with Crippen LogP contribution < -0.4 is 5.73 Å². The van der Waals surface area contributed by atoms with E-state index >= 15 is 0 Å². The zero-order valence-corrected chi connectivity index (χ0v) is 11.5. The summed E-state index contributed by atoms with van der Waals surface area (Å²) in [6, 6.07) is 12.8. The number of benzene rings is 1. The van der Waals surface area contributed by atoms with Gasteiger partial charge in [0.25, 0.3) is 0 Å². The van der Waals surface area contributed by atoms with Gasteiger partial charge in [-0.3, -0.25) is 4.98 Å². The molecule has 0 radical (unpaired) electrons. The fourth-order valence-electron chi connectivity index (χ4n) is 3.27. The van der Waals surface area contributed by atoms with Crippen LogP contribution in [0.2, 0.25) is 0 Å². The van der Waals surface area contributed by atoms with E-state index in [2.05, 4.69) is 37.3 Å². The second-order valence-electron chi connectivity index (χ2n) is 6.04. The van der Waals surface area contributed by atoms with E-state index in [4.69, 9.17) is 10.7 Å². The van der Waals surface area contributed by atoms with Crippen molar-refractivity contribution in [2.75, 3.05) is 0 Å². The third-order valence-electron chi connectivity index (χ3n) is 4.44. The standard InChI is InChI=1S/C17H22N2/c1-12-6-7-14(10-12)16(18)11-15-9-8-13-4-2-3-5-17(13)19-15/h2-5,8-9,12,14,16H,6-7,10-11,18H2,1H3. The Bertz CT molecular complexity index is 564. The minimum atomic E-state index is 0.263. The molecule has 1 fully saturated rings. The average molecular weight is 254 g/mol. The summed E-state index contributed by atoms with van der Waals surface area (Å²) in [6.07, 6.45) is 4.82. The first-order valence-corrected chi connectivity index (χ1v) is 7.32. The lowest BCUT2D eigenvalue weighted by atomic mass is 9.94. The van der Waals surface area contributed by atoms with E-state index in [-0.39, 0.29) is 6.04 Å². The monoisotopic (exact) mass is 254 g/mol. The van der Waals surface area contributed by atoms with E-state index in [1.165, 1.54) is 24.6 Å². The Morgan fingerprint density at radius 3 is 2.84 bits per heavy atom. The molecule has 19 heavy (non-hydrogen) atoms. The van der Waals surface area contributed by atoms with Crippen molar-refractivity contribution in [2.24, 2.45) is 17.6 Å².